The maximum Gasteiger partial charge on any atom is 0.243 e. The quantitative estimate of drug-likeness (QED) is 0.729. The molecule has 7 heteroatoms. The zero-order valence-electron chi connectivity index (χ0n) is 14.3. The summed E-state index contributed by atoms with van der Waals surface area (Å²) in [6, 6.07) is 16.9. The van der Waals surface area contributed by atoms with E-state index >= 15 is 0 Å². The maximum atomic E-state index is 12.3. The number of hydrogen-bond acceptors (Lipinski definition) is 4. The molecule has 0 bridgehead atoms. The summed E-state index contributed by atoms with van der Waals surface area (Å²) in [5.74, 6) is 0.331. The van der Waals surface area contributed by atoms with Gasteiger partial charge in [-0.15, -0.1) is 0 Å². The second-order valence-electron chi connectivity index (χ2n) is 5.52. The highest BCUT2D eigenvalue weighted by Gasteiger charge is 2.28. The van der Waals surface area contributed by atoms with Crippen molar-refractivity contribution in [1.82, 2.24) is 5.32 Å². The Morgan fingerprint density at radius 2 is 1.64 bits per heavy atom. The SMILES string of the molecule is C[C@H](C(=O)NCCOc1ccccc1)N(c1ccccc1)S(C)(=O)=O. The second kappa shape index (κ2) is 8.53. The minimum atomic E-state index is -3.59. The van der Waals surface area contributed by atoms with Crippen molar-refractivity contribution in [3.8, 4) is 5.75 Å². The van der Waals surface area contributed by atoms with E-state index in [1.165, 1.54) is 0 Å². The Morgan fingerprint density at radius 1 is 1.08 bits per heavy atom. The van der Waals surface area contributed by atoms with Crippen LogP contribution in [0.25, 0.3) is 0 Å². The van der Waals surface area contributed by atoms with Gasteiger partial charge >= 0.3 is 0 Å². The van der Waals surface area contributed by atoms with Crippen LogP contribution in [0.2, 0.25) is 0 Å². The van der Waals surface area contributed by atoms with E-state index in [2.05, 4.69) is 5.32 Å². The molecule has 0 unspecified atom stereocenters. The summed E-state index contributed by atoms with van der Waals surface area (Å²) in [6.07, 6.45) is 1.09. The Hall–Kier alpha value is -2.54. The van der Waals surface area contributed by atoms with Crippen LogP contribution in [-0.2, 0) is 14.8 Å². The first-order valence-electron chi connectivity index (χ1n) is 7.89. The first-order chi connectivity index (χ1) is 11.9. The summed E-state index contributed by atoms with van der Waals surface area (Å²) in [6.45, 7) is 2.14. The molecule has 2 rings (SSSR count). The number of rotatable bonds is 8. The Morgan fingerprint density at radius 3 is 2.20 bits per heavy atom. The third-order valence-electron chi connectivity index (χ3n) is 3.51. The maximum absolute atomic E-state index is 12.3. The summed E-state index contributed by atoms with van der Waals surface area (Å²) in [5.41, 5.74) is 0.452. The Labute approximate surface area is 148 Å². The second-order valence-corrected chi connectivity index (χ2v) is 7.38. The first-order valence-corrected chi connectivity index (χ1v) is 9.74. The number of para-hydroxylation sites is 2. The molecule has 0 radical (unpaired) electrons. The number of nitrogens with one attached hydrogen (secondary N) is 1. The molecule has 0 saturated heterocycles. The first kappa shape index (κ1) is 18.8. The number of carbonyl (C=O) groups excluding carboxylic acids is 1. The molecule has 25 heavy (non-hydrogen) atoms. The molecular weight excluding hydrogens is 340 g/mol. The molecule has 134 valence electrons. The fraction of sp³-hybridized carbons (Fsp3) is 0.278. The highest BCUT2D eigenvalue weighted by Crippen LogP contribution is 2.20. The predicted molar refractivity (Wildman–Crippen MR) is 98.2 cm³/mol. The van der Waals surface area contributed by atoms with Gasteiger partial charge in [0.25, 0.3) is 0 Å². The zero-order chi connectivity index (χ0) is 18.3. The van der Waals surface area contributed by atoms with Gasteiger partial charge in [-0.3, -0.25) is 9.10 Å². The lowest BCUT2D eigenvalue weighted by atomic mass is 10.2. The third kappa shape index (κ3) is 5.49. The number of sulfonamides is 1. The standard InChI is InChI=1S/C18H22N2O4S/c1-15(20(25(2,22)23)16-9-5-3-6-10-16)18(21)19-13-14-24-17-11-7-4-8-12-17/h3-12,15H,13-14H2,1-2H3,(H,19,21)/t15-/m1/s1. The molecule has 0 saturated carbocycles. The van der Waals surface area contributed by atoms with Crippen molar-refractivity contribution < 1.29 is 17.9 Å². The van der Waals surface area contributed by atoms with Crippen molar-refractivity contribution in [3.63, 3.8) is 0 Å². The summed E-state index contributed by atoms with van der Waals surface area (Å²) in [5, 5.41) is 2.70. The summed E-state index contributed by atoms with van der Waals surface area (Å²) in [4.78, 5) is 12.3. The lowest BCUT2D eigenvalue weighted by Crippen LogP contribution is -2.48. The van der Waals surface area contributed by atoms with E-state index in [1.54, 1.807) is 37.3 Å². The van der Waals surface area contributed by atoms with Crippen LogP contribution in [0.15, 0.2) is 60.7 Å². The molecule has 2 aromatic carbocycles. The van der Waals surface area contributed by atoms with Crippen LogP contribution in [0.4, 0.5) is 5.69 Å². The topological polar surface area (TPSA) is 75.7 Å². The number of carbonyl (C=O) groups is 1. The average Bonchev–Trinajstić information content (AvgIpc) is 2.59. The monoisotopic (exact) mass is 362 g/mol. The van der Waals surface area contributed by atoms with E-state index < -0.39 is 16.1 Å². The van der Waals surface area contributed by atoms with Gasteiger partial charge in [-0.1, -0.05) is 36.4 Å². The van der Waals surface area contributed by atoms with E-state index in [9.17, 15) is 13.2 Å². The van der Waals surface area contributed by atoms with Crippen LogP contribution >= 0.6 is 0 Å². The van der Waals surface area contributed by atoms with Gasteiger partial charge in [0.1, 0.15) is 18.4 Å². The van der Waals surface area contributed by atoms with Crippen LogP contribution in [-0.4, -0.2) is 39.8 Å². The summed E-state index contributed by atoms with van der Waals surface area (Å²) < 4.78 is 30.8. The number of ether oxygens (including phenoxy) is 1. The van der Waals surface area contributed by atoms with Crippen LogP contribution in [0.5, 0.6) is 5.75 Å². The molecule has 2 aromatic rings. The molecule has 1 N–H and O–H groups in total. The summed E-state index contributed by atoms with van der Waals surface area (Å²) >= 11 is 0. The third-order valence-corrected chi connectivity index (χ3v) is 4.75. The van der Waals surface area contributed by atoms with Crippen molar-refractivity contribution in [2.24, 2.45) is 0 Å². The Bertz CT molecular complexity index is 779. The van der Waals surface area contributed by atoms with E-state index in [1.807, 2.05) is 30.3 Å². The molecule has 1 amide bonds. The van der Waals surface area contributed by atoms with Crippen LogP contribution < -0.4 is 14.4 Å². The number of amides is 1. The van der Waals surface area contributed by atoms with Gasteiger partial charge in [0.05, 0.1) is 18.5 Å². The fourth-order valence-electron chi connectivity index (χ4n) is 2.39. The molecular formula is C18H22N2O4S. The van der Waals surface area contributed by atoms with E-state index in [0.29, 0.717) is 18.0 Å². The van der Waals surface area contributed by atoms with Gasteiger partial charge in [0, 0.05) is 0 Å². The molecule has 6 nitrogen and oxygen atoms in total. The molecule has 0 aliphatic heterocycles. The van der Waals surface area contributed by atoms with Crippen LogP contribution in [0.3, 0.4) is 0 Å². The summed E-state index contributed by atoms with van der Waals surface area (Å²) in [7, 11) is -3.59. The van der Waals surface area contributed by atoms with Gasteiger partial charge in [-0.05, 0) is 31.2 Å². The van der Waals surface area contributed by atoms with Crippen molar-refractivity contribution in [3.05, 3.63) is 60.7 Å². The lowest BCUT2D eigenvalue weighted by Gasteiger charge is -2.28. The normalized spacial score (nSPS) is 12.2. The molecule has 0 heterocycles. The fourth-order valence-corrected chi connectivity index (χ4v) is 3.57. The van der Waals surface area contributed by atoms with Gasteiger partial charge in [-0.2, -0.15) is 0 Å². The Balaban J connectivity index is 1.94. The van der Waals surface area contributed by atoms with E-state index in [0.717, 1.165) is 10.6 Å². The zero-order valence-corrected chi connectivity index (χ0v) is 15.1. The van der Waals surface area contributed by atoms with Crippen molar-refractivity contribution in [2.75, 3.05) is 23.7 Å². The van der Waals surface area contributed by atoms with Crippen molar-refractivity contribution in [1.29, 1.82) is 0 Å². The molecule has 0 aromatic heterocycles. The lowest BCUT2D eigenvalue weighted by molar-refractivity contribution is -0.121. The van der Waals surface area contributed by atoms with E-state index in [-0.39, 0.29) is 12.5 Å². The highest BCUT2D eigenvalue weighted by atomic mass is 32.2. The molecule has 0 spiro atoms. The average molecular weight is 362 g/mol. The molecule has 0 aliphatic carbocycles. The Kier molecular flexibility index (Phi) is 6.41. The van der Waals surface area contributed by atoms with Crippen LogP contribution in [0.1, 0.15) is 6.92 Å². The largest absolute Gasteiger partial charge is 0.492 e. The van der Waals surface area contributed by atoms with E-state index in [4.69, 9.17) is 4.74 Å². The molecule has 1 atom stereocenters. The van der Waals surface area contributed by atoms with Crippen molar-refractivity contribution in [2.45, 2.75) is 13.0 Å². The number of benzene rings is 2. The van der Waals surface area contributed by atoms with Gasteiger partial charge in [-0.25, -0.2) is 8.42 Å². The minimum Gasteiger partial charge on any atom is -0.492 e. The predicted octanol–water partition coefficient (Wildman–Crippen LogP) is 2.04. The smallest absolute Gasteiger partial charge is 0.243 e. The van der Waals surface area contributed by atoms with Gasteiger partial charge in [0.2, 0.25) is 15.9 Å². The minimum absolute atomic E-state index is 0.282. The number of nitrogens with zero attached hydrogens (tertiary/aromatic N) is 1. The molecule has 0 fully saturated rings. The van der Waals surface area contributed by atoms with Crippen molar-refractivity contribution >= 4 is 21.6 Å². The van der Waals surface area contributed by atoms with Crippen LogP contribution in [0, 0.1) is 0 Å². The highest BCUT2D eigenvalue weighted by molar-refractivity contribution is 7.92. The number of hydrogen-bond donors (Lipinski definition) is 1. The van der Waals surface area contributed by atoms with Gasteiger partial charge < -0.3 is 10.1 Å². The number of anilines is 1. The molecule has 0 aliphatic rings. The van der Waals surface area contributed by atoms with Gasteiger partial charge in [0.15, 0.2) is 0 Å².